The summed E-state index contributed by atoms with van der Waals surface area (Å²) in [6, 6.07) is 9.13. The number of amides is 1. The number of carbonyl (C=O) groups is 1. The van der Waals surface area contributed by atoms with Crippen molar-refractivity contribution in [1.29, 1.82) is 0 Å². The van der Waals surface area contributed by atoms with E-state index in [1.165, 1.54) is 19.1 Å². The van der Waals surface area contributed by atoms with Gasteiger partial charge in [0.15, 0.2) is 0 Å². The van der Waals surface area contributed by atoms with Crippen molar-refractivity contribution in [2.75, 3.05) is 10.6 Å². The van der Waals surface area contributed by atoms with Crippen LogP contribution in [-0.2, 0) is 14.8 Å². The monoisotopic (exact) mass is 442 g/mol. The van der Waals surface area contributed by atoms with Gasteiger partial charge in [0.05, 0.1) is 23.0 Å². The minimum Gasteiger partial charge on any atom is -0.348 e. The average Bonchev–Trinajstić information content (AvgIpc) is 2.59. The third kappa shape index (κ3) is 5.19. The molecular formula is C20H24Cl2N2O3S. The highest BCUT2D eigenvalue weighted by atomic mass is 35.5. The summed E-state index contributed by atoms with van der Waals surface area (Å²) in [5.41, 5.74) is 3.39. The van der Waals surface area contributed by atoms with Gasteiger partial charge in [0, 0.05) is 5.02 Å². The number of sulfonamides is 1. The first kappa shape index (κ1) is 22.5. The Kier molecular flexibility index (Phi) is 7.02. The summed E-state index contributed by atoms with van der Waals surface area (Å²) >= 11 is 12.2. The molecule has 5 nitrogen and oxygen atoms in total. The second kappa shape index (κ2) is 8.72. The molecule has 28 heavy (non-hydrogen) atoms. The lowest BCUT2D eigenvalue weighted by Crippen LogP contribution is -2.48. The Morgan fingerprint density at radius 2 is 1.68 bits per heavy atom. The zero-order valence-electron chi connectivity index (χ0n) is 16.5. The lowest BCUT2D eigenvalue weighted by atomic mass is 10.0. The molecule has 0 aliphatic carbocycles. The van der Waals surface area contributed by atoms with Crippen molar-refractivity contribution in [2.24, 2.45) is 0 Å². The molecule has 0 unspecified atom stereocenters. The summed E-state index contributed by atoms with van der Waals surface area (Å²) in [4.78, 5) is 12.8. The Bertz CT molecular complexity index is 993. The Hall–Kier alpha value is -1.76. The van der Waals surface area contributed by atoms with Crippen molar-refractivity contribution in [3.05, 3.63) is 63.1 Å². The quantitative estimate of drug-likeness (QED) is 0.707. The number of halogens is 2. The van der Waals surface area contributed by atoms with Crippen molar-refractivity contribution < 1.29 is 13.2 Å². The summed E-state index contributed by atoms with van der Waals surface area (Å²) in [6.07, 6.45) is 1.03. The van der Waals surface area contributed by atoms with E-state index in [2.05, 4.69) is 5.32 Å². The molecule has 2 atom stereocenters. The standard InChI is InChI=1S/C20H24Cl2N2O3S/c1-12-6-7-16(10-13(12)2)14(3)23-20(25)15(4)24(28(5,26)27)19-11-17(21)8-9-18(19)22/h6-11,14-15H,1-5H3,(H,23,25)/t14-,15+/m1/s1. The van der Waals surface area contributed by atoms with Crippen molar-refractivity contribution in [3.63, 3.8) is 0 Å². The summed E-state index contributed by atoms with van der Waals surface area (Å²) < 4.78 is 25.8. The molecule has 8 heteroatoms. The second-order valence-electron chi connectivity index (χ2n) is 6.90. The number of nitrogens with one attached hydrogen (secondary N) is 1. The van der Waals surface area contributed by atoms with Crippen LogP contribution in [0.1, 0.15) is 36.6 Å². The fourth-order valence-electron chi connectivity index (χ4n) is 2.89. The van der Waals surface area contributed by atoms with Crippen LogP contribution in [0.2, 0.25) is 10.0 Å². The van der Waals surface area contributed by atoms with E-state index in [0.29, 0.717) is 5.02 Å². The van der Waals surface area contributed by atoms with Crippen LogP contribution in [-0.4, -0.2) is 26.6 Å². The first-order valence-electron chi connectivity index (χ1n) is 8.73. The summed E-state index contributed by atoms with van der Waals surface area (Å²) in [7, 11) is -3.78. The average molecular weight is 443 g/mol. The molecule has 152 valence electrons. The molecule has 0 fully saturated rings. The summed E-state index contributed by atoms with van der Waals surface area (Å²) in [5.74, 6) is -0.438. The maximum absolute atomic E-state index is 12.8. The molecule has 0 spiro atoms. The number of anilines is 1. The highest BCUT2D eigenvalue weighted by Gasteiger charge is 2.31. The minimum absolute atomic E-state index is 0.165. The first-order chi connectivity index (χ1) is 12.9. The Morgan fingerprint density at radius 1 is 1.04 bits per heavy atom. The van der Waals surface area contributed by atoms with E-state index in [4.69, 9.17) is 23.2 Å². The maximum Gasteiger partial charge on any atom is 0.244 e. The molecule has 2 aromatic rings. The third-order valence-corrected chi connectivity index (χ3v) is 6.41. The van der Waals surface area contributed by atoms with Crippen LogP contribution < -0.4 is 9.62 Å². The van der Waals surface area contributed by atoms with Crippen LogP contribution in [0.4, 0.5) is 5.69 Å². The molecule has 0 heterocycles. The van der Waals surface area contributed by atoms with Gasteiger partial charge in [0.1, 0.15) is 6.04 Å². The summed E-state index contributed by atoms with van der Waals surface area (Å²) in [6.45, 7) is 7.39. The molecule has 1 N–H and O–H groups in total. The lowest BCUT2D eigenvalue weighted by molar-refractivity contribution is -0.122. The van der Waals surface area contributed by atoms with Crippen molar-refractivity contribution in [1.82, 2.24) is 5.32 Å². The molecule has 0 aliphatic rings. The second-order valence-corrected chi connectivity index (χ2v) is 9.61. The number of hydrogen-bond acceptors (Lipinski definition) is 3. The Labute approximate surface area is 176 Å². The highest BCUT2D eigenvalue weighted by Crippen LogP contribution is 2.32. The maximum atomic E-state index is 12.8. The molecular weight excluding hydrogens is 419 g/mol. The van der Waals surface area contributed by atoms with E-state index in [-0.39, 0.29) is 16.8 Å². The van der Waals surface area contributed by atoms with Gasteiger partial charge in [0.25, 0.3) is 0 Å². The molecule has 0 radical (unpaired) electrons. The normalized spacial score (nSPS) is 13.7. The first-order valence-corrected chi connectivity index (χ1v) is 11.3. The van der Waals surface area contributed by atoms with E-state index in [1.807, 2.05) is 39.0 Å². The fraction of sp³-hybridized carbons (Fsp3) is 0.350. The van der Waals surface area contributed by atoms with E-state index in [1.54, 1.807) is 6.07 Å². The number of carbonyl (C=O) groups excluding carboxylic acids is 1. The Balaban J connectivity index is 2.31. The SMILES string of the molecule is Cc1ccc([C@@H](C)NC(=O)[C@H](C)N(c2cc(Cl)ccc2Cl)S(C)(=O)=O)cc1C. The number of nitrogens with zero attached hydrogens (tertiary/aromatic N) is 1. The van der Waals surface area contributed by atoms with Crippen LogP contribution >= 0.6 is 23.2 Å². The van der Waals surface area contributed by atoms with Gasteiger partial charge >= 0.3 is 0 Å². The van der Waals surface area contributed by atoms with E-state index < -0.39 is 22.0 Å². The third-order valence-electron chi connectivity index (χ3n) is 4.62. The topological polar surface area (TPSA) is 66.5 Å². The smallest absolute Gasteiger partial charge is 0.244 e. The molecule has 1 amide bonds. The molecule has 0 aromatic heterocycles. The minimum atomic E-state index is -3.78. The van der Waals surface area contributed by atoms with Crippen LogP contribution in [0.3, 0.4) is 0 Å². The molecule has 0 aliphatic heterocycles. The van der Waals surface area contributed by atoms with Gasteiger partial charge in [-0.1, -0.05) is 41.4 Å². The van der Waals surface area contributed by atoms with Crippen molar-refractivity contribution in [2.45, 2.75) is 39.8 Å². The van der Waals surface area contributed by atoms with Gasteiger partial charge < -0.3 is 5.32 Å². The number of benzene rings is 2. The zero-order chi connectivity index (χ0) is 21.2. The largest absolute Gasteiger partial charge is 0.348 e. The molecule has 0 saturated carbocycles. The van der Waals surface area contributed by atoms with Gasteiger partial charge in [-0.25, -0.2) is 8.42 Å². The predicted molar refractivity (Wildman–Crippen MR) is 116 cm³/mol. The van der Waals surface area contributed by atoms with Gasteiger partial charge in [0.2, 0.25) is 15.9 Å². The molecule has 2 aromatic carbocycles. The molecule has 2 rings (SSSR count). The summed E-state index contributed by atoms with van der Waals surface area (Å²) in [5, 5.41) is 3.39. The van der Waals surface area contributed by atoms with Gasteiger partial charge in [-0.05, 0) is 62.6 Å². The van der Waals surface area contributed by atoms with Crippen LogP contribution in [0, 0.1) is 13.8 Å². The Morgan fingerprint density at radius 3 is 2.25 bits per heavy atom. The number of rotatable bonds is 6. The fourth-order valence-corrected chi connectivity index (χ4v) is 4.49. The van der Waals surface area contributed by atoms with Crippen LogP contribution in [0.5, 0.6) is 0 Å². The van der Waals surface area contributed by atoms with Crippen molar-refractivity contribution in [3.8, 4) is 0 Å². The van der Waals surface area contributed by atoms with Gasteiger partial charge in [-0.15, -0.1) is 0 Å². The van der Waals surface area contributed by atoms with Crippen LogP contribution in [0.25, 0.3) is 0 Å². The van der Waals surface area contributed by atoms with E-state index in [9.17, 15) is 13.2 Å². The molecule has 0 saturated heterocycles. The van der Waals surface area contributed by atoms with E-state index in [0.717, 1.165) is 27.3 Å². The lowest BCUT2D eigenvalue weighted by Gasteiger charge is -2.30. The van der Waals surface area contributed by atoms with Gasteiger partial charge in [-0.3, -0.25) is 9.10 Å². The predicted octanol–water partition coefficient (Wildman–Crippen LogP) is 4.64. The highest BCUT2D eigenvalue weighted by molar-refractivity contribution is 7.92. The van der Waals surface area contributed by atoms with Crippen LogP contribution in [0.15, 0.2) is 36.4 Å². The molecule has 0 bridgehead atoms. The zero-order valence-corrected chi connectivity index (χ0v) is 18.8. The number of hydrogen-bond donors (Lipinski definition) is 1. The van der Waals surface area contributed by atoms with E-state index >= 15 is 0 Å². The van der Waals surface area contributed by atoms with Crippen molar-refractivity contribution >= 4 is 44.8 Å². The van der Waals surface area contributed by atoms with Gasteiger partial charge in [-0.2, -0.15) is 0 Å². The number of aryl methyl sites for hydroxylation is 2.